The molecule has 0 radical (unpaired) electrons. The molecule has 6 nitrogen and oxygen atoms in total. The van der Waals surface area contributed by atoms with Crippen LogP contribution in [-0.2, 0) is 6.18 Å². The number of hydrogen-bond acceptors (Lipinski definition) is 5. The van der Waals surface area contributed by atoms with Crippen molar-refractivity contribution in [3.8, 4) is 11.5 Å². The number of halogens is 3. The number of aromatic nitrogens is 2. The number of methoxy groups -OCH3 is 2. The summed E-state index contributed by atoms with van der Waals surface area (Å²) in [4.78, 5) is 17.0. The van der Waals surface area contributed by atoms with Gasteiger partial charge in [0.05, 0.1) is 19.9 Å². The molecule has 0 fully saturated rings. The largest absolute Gasteiger partial charge is 0.493 e. The van der Waals surface area contributed by atoms with Crippen LogP contribution in [0.2, 0.25) is 0 Å². The third kappa shape index (κ3) is 3.13. The second kappa shape index (κ2) is 5.96. The fourth-order valence-corrected chi connectivity index (χ4v) is 1.77. The second-order valence-electron chi connectivity index (χ2n) is 4.14. The molecule has 22 heavy (non-hydrogen) atoms. The number of H-pyrrole nitrogens is 1. The lowest BCUT2D eigenvalue weighted by molar-refractivity contribution is -0.138. The minimum atomic E-state index is -4.76. The summed E-state index contributed by atoms with van der Waals surface area (Å²) in [7, 11) is 2.85. The molecule has 2 aromatic rings. The number of ether oxygens (including phenoxy) is 2. The molecule has 1 heterocycles. The zero-order valence-corrected chi connectivity index (χ0v) is 11.6. The van der Waals surface area contributed by atoms with Gasteiger partial charge in [0, 0.05) is 6.20 Å². The molecular weight excluding hydrogens is 303 g/mol. The van der Waals surface area contributed by atoms with Gasteiger partial charge in [-0.2, -0.15) is 13.2 Å². The summed E-state index contributed by atoms with van der Waals surface area (Å²) in [5.74, 6) is 0.596. The molecule has 0 aliphatic heterocycles. The Bertz CT molecular complexity index is 728. The molecule has 0 unspecified atom stereocenters. The van der Waals surface area contributed by atoms with E-state index < -0.39 is 17.3 Å². The van der Waals surface area contributed by atoms with E-state index in [1.54, 1.807) is 18.2 Å². The summed E-state index contributed by atoms with van der Waals surface area (Å²) in [5.41, 5.74) is -2.27. The van der Waals surface area contributed by atoms with Crippen molar-refractivity contribution >= 4 is 11.6 Å². The standard InChI is InChI=1S/C13H12F3N3O3/c1-21-9-5-3-4-8(10(9)22-2)18-12-17-6-7(11(20)19-12)13(14,15)16/h3-6H,1-2H3,(H2,17,18,19,20). The normalized spacial score (nSPS) is 11.1. The predicted molar refractivity (Wildman–Crippen MR) is 72.7 cm³/mol. The van der Waals surface area contributed by atoms with Crippen molar-refractivity contribution in [2.45, 2.75) is 6.18 Å². The molecule has 1 aromatic carbocycles. The molecule has 0 amide bonds. The van der Waals surface area contributed by atoms with Gasteiger partial charge in [-0.25, -0.2) is 4.98 Å². The number of alkyl halides is 3. The van der Waals surface area contributed by atoms with E-state index in [-0.39, 0.29) is 5.95 Å². The van der Waals surface area contributed by atoms with Gasteiger partial charge < -0.3 is 14.8 Å². The summed E-state index contributed by atoms with van der Waals surface area (Å²) in [6.07, 6.45) is -4.29. The van der Waals surface area contributed by atoms with E-state index >= 15 is 0 Å². The van der Waals surface area contributed by atoms with Gasteiger partial charge in [0.25, 0.3) is 5.56 Å². The maximum Gasteiger partial charge on any atom is 0.423 e. The van der Waals surface area contributed by atoms with Gasteiger partial charge >= 0.3 is 6.18 Å². The topological polar surface area (TPSA) is 76.2 Å². The third-order valence-electron chi connectivity index (χ3n) is 2.76. The fraction of sp³-hybridized carbons (Fsp3) is 0.231. The molecule has 118 valence electrons. The Balaban J connectivity index is 2.37. The van der Waals surface area contributed by atoms with Gasteiger partial charge in [0.1, 0.15) is 5.56 Å². The van der Waals surface area contributed by atoms with Crippen LogP contribution in [0.25, 0.3) is 0 Å². The molecule has 0 atom stereocenters. The van der Waals surface area contributed by atoms with Crippen LogP contribution in [0.4, 0.5) is 24.8 Å². The predicted octanol–water partition coefficient (Wildman–Crippen LogP) is 2.55. The smallest absolute Gasteiger partial charge is 0.423 e. The first kappa shape index (κ1) is 15.7. The first-order chi connectivity index (χ1) is 10.4. The van der Waals surface area contributed by atoms with Crippen LogP contribution in [0.3, 0.4) is 0 Å². The molecule has 0 saturated heterocycles. The van der Waals surface area contributed by atoms with Crippen LogP contribution in [-0.4, -0.2) is 24.2 Å². The molecule has 0 saturated carbocycles. The first-order valence-corrected chi connectivity index (χ1v) is 6.01. The molecule has 0 bridgehead atoms. The summed E-state index contributed by atoms with van der Waals surface area (Å²) in [5, 5.41) is 2.68. The van der Waals surface area contributed by atoms with Crippen LogP contribution >= 0.6 is 0 Å². The average Bonchev–Trinajstić information content (AvgIpc) is 2.45. The van der Waals surface area contributed by atoms with Crippen LogP contribution in [0.5, 0.6) is 11.5 Å². The van der Waals surface area contributed by atoms with E-state index in [1.807, 2.05) is 4.98 Å². The van der Waals surface area contributed by atoms with Crippen molar-refractivity contribution in [3.05, 3.63) is 40.3 Å². The highest BCUT2D eigenvalue weighted by Crippen LogP contribution is 2.35. The molecule has 0 aliphatic rings. The van der Waals surface area contributed by atoms with E-state index in [0.29, 0.717) is 23.4 Å². The molecule has 2 N–H and O–H groups in total. The Morgan fingerprint density at radius 3 is 2.50 bits per heavy atom. The van der Waals surface area contributed by atoms with Crippen LogP contribution in [0, 0.1) is 0 Å². The van der Waals surface area contributed by atoms with Crippen LogP contribution < -0.4 is 20.3 Å². The van der Waals surface area contributed by atoms with E-state index in [0.717, 1.165) is 0 Å². The number of para-hydroxylation sites is 1. The molecule has 1 aromatic heterocycles. The fourth-order valence-electron chi connectivity index (χ4n) is 1.77. The van der Waals surface area contributed by atoms with Crippen molar-refractivity contribution in [3.63, 3.8) is 0 Å². The quantitative estimate of drug-likeness (QED) is 0.907. The lowest BCUT2D eigenvalue weighted by Gasteiger charge is -2.13. The maximum atomic E-state index is 12.5. The lowest BCUT2D eigenvalue weighted by Crippen LogP contribution is -2.22. The molecule has 2 rings (SSSR count). The maximum absolute atomic E-state index is 12.5. The Kier molecular flexibility index (Phi) is 4.25. The van der Waals surface area contributed by atoms with E-state index in [2.05, 4.69) is 10.3 Å². The van der Waals surface area contributed by atoms with Crippen molar-refractivity contribution in [1.82, 2.24) is 9.97 Å². The van der Waals surface area contributed by atoms with Gasteiger partial charge in [-0.05, 0) is 12.1 Å². The van der Waals surface area contributed by atoms with Crippen molar-refractivity contribution < 1.29 is 22.6 Å². The molecule has 0 spiro atoms. The number of nitrogens with zero attached hydrogens (tertiary/aromatic N) is 1. The summed E-state index contributed by atoms with van der Waals surface area (Å²) >= 11 is 0. The number of benzene rings is 1. The van der Waals surface area contributed by atoms with E-state index in [1.165, 1.54) is 14.2 Å². The highest BCUT2D eigenvalue weighted by atomic mass is 19.4. The van der Waals surface area contributed by atoms with Gasteiger partial charge in [-0.15, -0.1) is 0 Å². The monoisotopic (exact) mass is 315 g/mol. The number of rotatable bonds is 4. The zero-order valence-electron chi connectivity index (χ0n) is 11.6. The van der Waals surface area contributed by atoms with E-state index in [4.69, 9.17) is 9.47 Å². The van der Waals surface area contributed by atoms with Gasteiger partial charge in [0.15, 0.2) is 11.5 Å². The Morgan fingerprint density at radius 2 is 1.95 bits per heavy atom. The van der Waals surface area contributed by atoms with Crippen molar-refractivity contribution in [2.24, 2.45) is 0 Å². The SMILES string of the molecule is COc1cccc(Nc2ncc(C(F)(F)F)c(=O)[nH]2)c1OC. The number of hydrogen-bond donors (Lipinski definition) is 2. The highest BCUT2D eigenvalue weighted by molar-refractivity contribution is 5.67. The summed E-state index contributed by atoms with van der Waals surface area (Å²) in [6.45, 7) is 0. The minimum absolute atomic E-state index is 0.149. The summed E-state index contributed by atoms with van der Waals surface area (Å²) < 4.78 is 47.8. The van der Waals surface area contributed by atoms with Gasteiger partial charge in [0.2, 0.25) is 5.95 Å². The Morgan fingerprint density at radius 1 is 1.23 bits per heavy atom. The highest BCUT2D eigenvalue weighted by Gasteiger charge is 2.34. The van der Waals surface area contributed by atoms with Crippen LogP contribution in [0.1, 0.15) is 5.56 Å². The zero-order chi connectivity index (χ0) is 16.3. The molecule has 9 heteroatoms. The van der Waals surface area contributed by atoms with Crippen molar-refractivity contribution in [2.75, 3.05) is 19.5 Å². The minimum Gasteiger partial charge on any atom is -0.493 e. The number of aromatic amines is 1. The summed E-state index contributed by atoms with van der Waals surface area (Å²) in [6, 6.07) is 4.89. The van der Waals surface area contributed by atoms with Crippen molar-refractivity contribution in [1.29, 1.82) is 0 Å². The average molecular weight is 315 g/mol. The number of nitrogens with one attached hydrogen (secondary N) is 2. The van der Waals surface area contributed by atoms with E-state index in [9.17, 15) is 18.0 Å². The van der Waals surface area contributed by atoms with Crippen LogP contribution in [0.15, 0.2) is 29.2 Å². The second-order valence-corrected chi connectivity index (χ2v) is 4.14. The molecule has 0 aliphatic carbocycles. The number of anilines is 2. The van der Waals surface area contributed by atoms with Gasteiger partial charge in [-0.3, -0.25) is 9.78 Å². The molecular formula is C13H12F3N3O3. The third-order valence-corrected chi connectivity index (χ3v) is 2.76. The van der Waals surface area contributed by atoms with Gasteiger partial charge in [-0.1, -0.05) is 6.07 Å². The Labute approximate surface area is 122 Å². The lowest BCUT2D eigenvalue weighted by atomic mass is 10.2. The first-order valence-electron chi connectivity index (χ1n) is 6.01. The Hall–Kier alpha value is -2.71.